The summed E-state index contributed by atoms with van der Waals surface area (Å²) in [4.78, 5) is 56.6. The lowest BCUT2D eigenvalue weighted by Crippen LogP contribution is -2.58. The maximum absolute atomic E-state index is 14.1. The number of ketones is 1. The highest BCUT2D eigenvalue weighted by Gasteiger charge is 2.50. The normalized spacial score (nSPS) is 19.9. The third-order valence-electron chi connectivity index (χ3n) is 9.45. The Labute approximate surface area is 304 Å². The summed E-state index contributed by atoms with van der Waals surface area (Å²) in [6.07, 6.45) is 2.72. The van der Waals surface area contributed by atoms with Crippen molar-refractivity contribution in [1.29, 1.82) is 0 Å². The van der Waals surface area contributed by atoms with E-state index in [1.807, 2.05) is 62.4 Å². The van der Waals surface area contributed by atoms with E-state index in [4.69, 9.17) is 9.47 Å². The monoisotopic (exact) mass is 705 g/mol. The third kappa shape index (κ3) is 13.8. The molecule has 2 heterocycles. The molecule has 4 rings (SSSR count). The van der Waals surface area contributed by atoms with Gasteiger partial charge >= 0.3 is 0 Å². The summed E-state index contributed by atoms with van der Waals surface area (Å²) in [5.74, 6) is -0.573. The number of carbonyl (C=O) groups excluding carboxylic acids is 4. The Morgan fingerprint density at radius 1 is 0.765 bits per heavy atom. The average molecular weight is 706 g/mol. The van der Waals surface area contributed by atoms with Crippen molar-refractivity contribution in [3.05, 3.63) is 71.8 Å². The summed E-state index contributed by atoms with van der Waals surface area (Å²) in [5, 5.41) is 12.7. The number of benzene rings is 2. The minimum Gasteiger partial charge on any atom is -0.379 e. The second-order valence-electron chi connectivity index (χ2n) is 15.1. The van der Waals surface area contributed by atoms with Crippen LogP contribution in [0.25, 0.3) is 0 Å². The summed E-state index contributed by atoms with van der Waals surface area (Å²) in [6.45, 7) is 13.5. The molecule has 11 heteroatoms. The molecule has 11 nitrogen and oxygen atoms in total. The van der Waals surface area contributed by atoms with Crippen LogP contribution in [0.1, 0.15) is 65.0 Å². The molecule has 2 saturated heterocycles. The molecule has 4 N–H and O–H groups in total. The minimum absolute atomic E-state index is 0.0582. The van der Waals surface area contributed by atoms with Crippen molar-refractivity contribution in [2.75, 3.05) is 46.0 Å². The van der Waals surface area contributed by atoms with Gasteiger partial charge in [0, 0.05) is 32.1 Å². The predicted octanol–water partition coefficient (Wildman–Crippen LogP) is 3.06. The van der Waals surface area contributed by atoms with Crippen molar-refractivity contribution in [3.8, 4) is 0 Å². The molecular weight excluding hydrogens is 646 g/mol. The van der Waals surface area contributed by atoms with Gasteiger partial charge in [0.25, 0.3) is 0 Å². The van der Waals surface area contributed by atoms with Crippen LogP contribution in [0.5, 0.6) is 0 Å². The van der Waals surface area contributed by atoms with Crippen LogP contribution in [0.15, 0.2) is 60.7 Å². The second kappa shape index (κ2) is 19.8. The van der Waals surface area contributed by atoms with E-state index in [1.165, 1.54) is 5.56 Å². The zero-order valence-electron chi connectivity index (χ0n) is 31.1. The zero-order valence-corrected chi connectivity index (χ0v) is 31.1. The van der Waals surface area contributed by atoms with E-state index in [9.17, 15) is 19.2 Å². The van der Waals surface area contributed by atoms with Crippen LogP contribution in [-0.4, -0.2) is 104 Å². The molecule has 0 bridgehead atoms. The molecule has 280 valence electrons. The van der Waals surface area contributed by atoms with Gasteiger partial charge in [0.2, 0.25) is 17.7 Å². The molecule has 3 amide bonds. The first kappa shape index (κ1) is 40.1. The van der Waals surface area contributed by atoms with Crippen LogP contribution < -0.4 is 21.3 Å². The fourth-order valence-electron chi connectivity index (χ4n) is 6.41. The highest BCUT2D eigenvalue weighted by molar-refractivity contribution is 5.98. The number of carbonyl (C=O) groups is 4. The zero-order chi connectivity index (χ0) is 36.8. The highest BCUT2D eigenvalue weighted by atomic mass is 16.6. The largest absolute Gasteiger partial charge is 0.379 e. The summed E-state index contributed by atoms with van der Waals surface area (Å²) < 4.78 is 10.9. The minimum atomic E-state index is -0.908. The maximum Gasteiger partial charge on any atom is 0.243 e. The molecule has 0 aliphatic carbocycles. The van der Waals surface area contributed by atoms with Crippen LogP contribution in [0.4, 0.5) is 0 Å². The Morgan fingerprint density at radius 3 is 1.90 bits per heavy atom. The van der Waals surface area contributed by atoms with Gasteiger partial charge in [-0.1, -0.05) is 88.4 Å². The quantitative estimate of drug-likeness (QED) is 0.145. The Kier molecular flexibility index (Phi) is 15.6. The molecule has 2 aliphatic rings. The number of nitrogens with one attached hydrogen (secondary N) is 4. The Balaban J connectivity index is 1.47. The highest BCUT2D eigenvalue weighted by Crippen LogP contribution is 2.29. The molecule has 2 aromatic rings. The van der Waals surface area contributed by atoms with Gasteiger partial charge in [0.05, 0.1) is 38.4 Å². The van der Waals surface area contributed by atoms with E-state index in [-0.39, 0.29) is 41.9 Å². The van der Waals surface area contributed by atoms with Crippen molar-refractivity contribution >= 4 is 23.5 Å². The van der Waals surface area contributed by atoms with Crippen molar-refractivity contribution < 1.29 is 28.7 Å². The molecule has 0 saturated carbocycles. The first-order valence-corrected chi connectivity index (χ1v) is 18.6. The van der Waals surface area contributed by atoms with Gasteiger partial charge in [-0.3, -0.25) is 24.1 Å². The lowest BCUT2D eigenvalue weighted by molar-refractivity contribution is -0.133. The molecule has 0 aromatic heterocycles. The van der Waals surface area contributed by atoms with Gasteiger partial charge in [-0.05, 0) is 55.6 Å². The molecule has 2 aliphatic heterocycles. The Bertz CT molecular complexity index is 1390. The van der Waals surface area contributed by atoms with Crippen LogP contribution in [0.3, 0.4) is 0 Å². The number of amides is 3. The fraction of sp³-hybridized carbons (Fsp3) is 0.600. The van der Waals surface area contributed by atoms with E-state index in [1.54, 1.807) is 6.92 Å². The number of rotatable bonds is 21. The number of morpholine rings is 1. The van der Waals surface area contributed by atoms with Crippen molar-refractivity contribution in [2.45, 2.75) is 96.5 Å². The summed E-state index contributed by atoms with van der Waals surface area (Å²) in [6, 6.07) is 17.2. The fourth-order valence-corrected chi connectivity index (χ4v) is 6.41. The SMILES string of the molecule is CC(C)C[C@H](NC[C@H](CCc1ccccc1)NC(=O)CN1CCOCC1)C(=O)N[C@@H](Cc1ccccc1)C(=O)N[C@@H](CC(C)C)C(=O)[C@@]1(C)CO1. The maximum atomic E-state index is 14.1. The second-order valence-corrected chi connectivity index (χ2v) is 15.1. The predicted molar refractivity (Wildman–Crippen MR) is 198 cm³/mol. The number of nitrogens with zero attached hydrogens (tertiary/aromatic N) is 1. The molecule has 5 atom stereocenters. The van der Waals surface area contributed by atoms with E-state index in [2.05, 4.69) is 52.1 Å². The van der Waals surface area contributed by atoms with Crippen LogP contribution >= 0.6 is 0 Å². The van der Waals surface area contributed by atoms with Crippen molar-refractivity contribution in [1.82, 2.24) is 26.2 Å². The molecule has 2 aromatic carbocycles. The molecule has 51 heavy (non-hydrogen) atoms. The van der Waals surface area contributed by atoms with Gasteiger partial charge in [0.15, 0.2) is 5.78 Å². The number of ether oxygens (including phenoxy) is 2. The van der Waals surface area contributed by atoms with E-state index >= 15 is 0 Å². The first-order chi connectivity index (χ1) is 24.4. The molecular formula is C40H59N5O6. The number of hydrogen-bond donors (Lipinski definition) is 4. The third-order valence-corrected chi connectivity index (χ3v) is 9.45. The van der Waals surface area contributed by atoms with Gasteiger partial charge in [0.1, 0.15) is 11.6 Å². The lowest BCUT2D eigenvalue weighted by atomic mass is 9.93. The summed E-state index contributed by atoms with van der Waals surface area (Å²) in [7, 11) is 0. The number of hydrogen-bond acceptors (Lipinski definition) is 8. The van der Waals surface area contributed by atoms with Gasteiger partial charge in [-0.2, -0.15) is 0 Å². The molecule has 2 fully saturated rings. The molecule has 0 unspecified atom stereocenters. The van der Waals surface area contributed by atoms with Crippen LogP contribution in [-0.2, 0) is 41.5 Å². The van der Waals surface area contributed by atoms with Crippen LogP contribution in [0, 0.1) is 11.8 Å². The number of aryl methyl sites for hydroxylation is 1. The van der Waals surface area contributed by atoms with Crippen molar-refractivity contribution in [2.24, 2.45) is 11.8 Å². The van der Waals surface area contributed by atoms with E-state index in [0.29, 0.717) is 65.3 Å². The summed E-state index contributed by atoms with van der Waals surface area (Å²) >= 11 is 0. The topological polar surface area (TPSA) is 141 Å². The average Bonchev–Trinajstić information content (AvgIpc) is 3.86. The smallest absolute Gasteiger partial charge is 0.243 e. The standard InChI is InChI=1S/C40H59N5O6/c1-28(2)22-33(37(47)40(5)27-51-40)43-39(49)35(24-31-14-10-7-11-15-31)44-38(48)34(23-29(3)4)41-25-32(17-16-30-12-8-6-9-13-30)42-36(46)26-45-18-20-50-21-19-45/h6-15,28-29,32-35,41H,16-27H2,1-5H3,(H,42,46)(H,43,49)(H,44,48)/t32-,33-,34-,35-,40+/m0/s1. The van der Waals surface area contributed by atoms with Crippen LogP contribution in [0.2, 0.25) is 0 Å². The Morgan fingerprint density at radius 2 is 1.31 bits per heavy atom. The van der Waals surface area contributed by atoms with Gasteiger partial charge in [-0.15, -0.1) is 0 Å². The first-order valence-electron chi connectivity index (χ1n) is 18.6. The van der Waals surface area contributed by atoms with Gasteiger partial charge < -0.3 is 30.7 Å². The Hall–Kier alpha value is -3.64. The van der Waals surface area contributed by atoms with Crippen molar-refractivity contribution in [3.63, 3.8) is 0 Å². The molecule has 0 spiro atoms. The number of Topliss-reactive ketones (excluding diaryl/α,β-unsaturated/α-hetero) is 1. The molecule has 0 radical (unpaired) electrons. The number of epoxide rings is 1. The van der Waals surface area contributed by atoms with E-state index < -0.39 is 29.6 Å². The van der Waals surface area contributed by atoms with Gasteiger partial charge in [-0.25, -0.2) is 0 Å². The van der Waals surface area contributed by atoms with E-state index in [0.717, 1.165) is 12.0 Å². The lowest BCUT2D eigenvalue weighted by Gasteiger charge is -2.29. The summed E-state index contributed by atoms with van der Waals surface area (Å²) in [5.41, 5.74) is 1.18.